The summed E-state index contributed by atoms with van der Waals surface area (Å²) in [5, 5.41) is 0. The Morgan fingerprint density at radius 3 is 2.83 bits per heavy atom. The van der Waals surface area contributed by atoms with Crippen LogP contribution in [0.4, 0.5) is 5.69 Å². The second-order valence-corrected chi connectivity index (χ2v) is 8.95. The number of anilines is 1. The Labute approximate surface area is 178 Å². The minimum atomic E-state index is -1.28. The van der Waals surface area contributed by atoms with Gasteiger partial charge in [-0.25, -0.2) is 4.21 Å². The zero-order valence-electron chi connectivity index (χ0n) is 17.4. The van der Waals surface area contributed by atoms with Gasteiger partial charge in [0.1, 0.15) is 5.75 Å². The van der Waals surface area contributed by atoms with Crippen LogP contribution in [-0.2, 0) is 17.4 Å². The molecule has 29 heavy (non-hydrogen) atoms. The second-order valence-electron chi connectivity index (χ2n) is 7.54. The van der Waals surface area contributed by atoms with E-state index < -0.39 is 11.0 Å². The summed E-state index contributed by atoms with van der Waals surface area (Å²) in [6.07, 6.45) is 17.6. The largest absolute Gasteiger partial charge is 0.493 e. The molecule has 0 bridgehead atoms. The first-order valence-corrected chi connectivity index (χ1v) is 11.8. The van der Waals surface area contributed by atoms with Crippen molar-refractivity contribution in [3.8, 4) is 18.1 Å². The van der Waals surface area contributed by atoms with E-state index in [0.717, 1.165) is 48.7 Å². The van der Waals surface area contributed by atoms with Crippen molar-refractivity contribution >= 4 is 16.7 Å². The smallest absolute Gasteiger partial charge is 0.152 e. The summed E-state index contributed by atoms with van der Waals surface area (Å²) < 4.78 is 21.2. The lowest BCUT2D eigenvalue weighted by atomic mass is 10.0. The molecular formula is C24H32N2O2S. The number of fused-ring (bicyclic) bond motifs is 1. The van der Waals surface area contributed by atoms with Gasteiger partial charge in [0.2, 0.25) is 0 Å². The number of hydrogen-bond acceptors (Lipinski definition) is 3. The van der Waals surface area contributed by atoms with Crippen LogP contribution in [0.3, 0.4) is 0 Å². The van der Waals surface area contributed by atoms with Crippen molar-refractivity contribution in [1.29, 1.82) is 0 Å². The van der Waals surface area contributed by atoms with Gasteiger partial charge in [0.15, 0.2) is 11.0 Å². The minimum Gasteiger partial charge on any atom is -0.493 e. The SMILES string of the molecule is C#C/C=C\C(=C/C)S(=O)N1CCCc2ccc(OCCCN3CCCCC3)cc21. The van der Waals surface area contributed by atoms with Crippen LogP contribution in [0, 0.1) is 12.3 Å². The maximum Gasteiger partial charge on any atom is 0.152 e. The highest BCUT2D eigenvalue weighted by atomic mass is 32.2. The zero-order valence-corrected chi connectivity index (χ0v) is 18.3. The van der Waals surface area contributed by atoms with E-state index in [1.54, 1.807) is 12.2 Å². The van der Waals surface area contributed by atoms with E-state index in [4.69, 9.17) is 11.2 Å². The molecule has 0 saturated carbocycles. The lowest BCUT2D eigenvalue weighted by Crippen LogP contribution is -2.32. The van der Waals surface area contributed by atoms with Gasteiger partial charge in [-0.3, -0.25) is 4.31 Å². The molecule has 2 aliphatic heterocycles. The number of ether oxygens (including phenoxy) is 1. The molecule has 0 radical (unpaired) electrons. The van der Waals surface area contributed by atoms with E-state index in [1.807, 2.05) is 29.4 Å². The molecule has 0 aromatic heterocycles. The van der Waals surface area contributed by atoms with Gasteiger partial charge in [0.25, 0.3) is 0 Å². The van der Waals surface area contributed by atoms with Gasteiger partial charge in [0, 0.05) is 19.2 Å². The van der Waals surface area contributed by atoms with Crippen molar-refractivity contribution < 1.29 is 8.95 Å². The van der Waals surface area contributed by atoms with Crippen molar-refractivity contribution in [1.82, 2.24) is 4.90 Å². The number of terminal acetylenes is 1. The van der Waals surface area contributed by atoms with Gasteiger partial charge in [0.05, 0.1) is 17.2 Å². The highest BCUT2D eigenvalue weighted by Gasteiger charge is 2.23. The summed E-state index contributed by atoms with van der Waals surface area (Å²) >= 11 is 0. The summed E-state index contributed by atoms with van der Waals surface area (Å²) in [4.78, 5) is 3.26. The van der Waals surface area contributed by atoms with Crippen LogP contribution in [0.25, 0.3) is 0 Å². The summed E-state index contributed by atoms with van der Waals surface area (Å²) in [6, 6.07) is 6.21. The molecular weight excluding hydrogens is 380 g/mol. The predicted molar refractivity (Wildman–Crippen MR) is 122 cm³/mol. The zero-order chi connectivity index (χ0) is 20.5. The predicted octanol–water partition coefficient (Wildman–Crippen LogP) is 4.45. The van der Waals surface area contributed by atoms with Crippen molar-refractivity contribution in [2.24, 2.45) is 0 Å². The van der Waals surface area contributed by atoms with E-state index >= 15 is 0 Å². The average molecular weight is 413 g/mol. The standard InChI is InChI=1S/C24H32N2O2S/c1-3-5-12-23(4-2)29(27)26-18-9-11-21-13-14-22(20-24(21)26)28-19-10-17-25-15-7-6-8-16-25/h1,4-5,12-14,20H,6-11,15-19H2,2H3/b12-5-,23-4+. The van der Waals surface area contributed by atoms with E-state index in [1.165, 1.54) is 37.9 Å². The number of rotatable bonds is 8. The molecule has 156 valence electrons. The van der Waals surface area contributed by atoms with Crippen molar-refractivity contribution in [3.63, 3.8) is 0 Å². The molecule has 2 aliphatic rings. The van der Waals surface area contributed by atoms with Crippen LogP contribution < -0.4 is 9.04 Å². The van der Waals surface area contributed by atoms with E-state index in [-0.39, 0.29) is 0 Å². The molecule has 1 saturated heterocycles. The number of nitrogens with zero attached hydrogens (tertiary/aromatic N) is 2. The topological polar surface area (TPSA) is 32.8 Å². The molecule has 1 aromatic rings. The molecule has 0 aliphatic carbocycles. The van der Waals surface area contributed by atoms with Crippen LogP contribution in [0.15, 0.2) is 41.3 Å². The molecule has 0 amide bonds. The van der Waals surface area contributed by atoms with Crippen molar-refractivity contribution in [2.45, 2.75) is 45.4 Å². The van der Waals surface area contributed by atoms with Gasteiger partial charge < -0.3 is 9.64 Å². The molecule has 4 nitrogen and oxygen atoms in total. The molecule has 0 N–H and O–H groups in total. The second kappa shape index (κ2) is 11.2. The third kappa shape index (κ3) is 5.98. The minimum absolute atomic E-state index is 0.712. The first-order valence-electron chi connectivity index (χ1n) is 10.7. The van der Waals surface area contributed by atoms with Crippen molar-refractivity contribution in [2.75, 3.05) is 37.1 Å². The Hall–Kier alpha value is -2.03. The molecule has 1 aromatic carbocycles. The van der Waals surface area contributed by atoms with Gasteiger partial charge in [-0.05, 0) is 75.9 Å². The van der Waals surface area contributed by atoms with Crippen LogP contribution >= 0.6 is 0 Å². The fourth-order valence-electron chi connectivity index (χ4n) is 3.96. The van der Waals surface area contributed by atoms with E-state index in [9.17, 15) is 4.21 Å². The average Bonchev–Trinajstić information content (AvgIpc) is 2.77. The fraction of sp³-hybridized carbons (Fsp3) is 0.500. The molecule has 3 rings (SSSR count). The molecule has 1 fully saturated rings. The summed E-state index contributed by atoms with van der Waals surface area (Å²) in [5.41, 5.74) is 2.23. The highest BCUT2D eigenvalue weighted by Crippen LogP contribution is 2.33. The first-order chi connectivity index (χ1) is 14.2. The monoisotopic (exact) mass is 412 g/mol. The number of likely N-dealkylation sites (tertiary alicyclic amines) is 1. The Morgan fingerprint density at radius 2 is 2.07 bits per heavy atom. The third-order valence-corrected chi connectivity index (χ3v) is 7.05. The number of hydrogen-bond donors (Lipinski definition) is 0. The van der Waals surface area contributed by atoms with Crippen LogP contribution in [-0.4, -0.2) is 41.9 Å². The lowest BCUT2D eigenvalue weighted by Gasteiger charge is -2.30. The highest BCUT2D eigenvalue weighted by molar-refractivity contribution is 7.90. The van der Waals surface area contributed by atoms with Crippen LogP contribution in [0.1, 0.15) is 44.6 Å². The maximum absolute atomic E-state index is 13.1. The maximum atomic E-state index is 13.1. The summed E-state index contributed by atoms with van der Waals surface area (Å²) in [5.74, 6) is 3.33. The Kier molecular flexibility index (Phi) is 8.39. The van der Waals surface area contributed by atoms with Gasteiger partial charge >= 0.3 is 0 Å². The lowest BCUT2D eigenvalue weighted by molar-refractivity contribution is 0.205. The molecule has 0 spiro atoms. The Morgan fingerprint density at radius 1 is 1.24 bits per heavy atom. The molecule has 5 heteroatoms. The molecule has 1 atom stereocenters. The number of benzene rings is 1. The number of allylic oxidation sites excluding steroid dienone is 3. The summed E-state index contributed by atoms with van der Waals surface area (Å²) in [7, 11) is -1.28. The molecule has 1 unspecified atom stereocenters. The van der Waals surface area contributed by atoms with E-state index in [0.29, 0.717) is 6.61 Å². The third-order valence-electron chi connectivity index (χ3n) is 5.50. The van der Waals surface area contributed by atoms with Gasteiger partial charge in [-0.15, -0.1) is 6.42 Å². The number of aryl methyl sites for hydroxylation is 1. The van der Waals surface area contributed by atoms with Crippen molar-refractivity contribution in [3.05, 3.63) is 46.9 Å². The number of piperidine rings is 1. The Bertz CT molecular complexity index is 804. The van der Waals surface area contributed by atoms with Crippen LogP contribution in [0.2, 0.25) is 0 Å². The normalized spacial score (nSPS) is 19.0. The van der Waals surface area contributed by atoms with Gasteiger partial charge in [-0.1, -0.05) is 24.5 Å². The Balaban J connectivity index is 1.63. The summed E-state index contributed by atoms with van der Waals surface area (Å²) in [6.45, 7) is 6.92. The first kappa shape index (κ1) is 21.7. The van der Waals surface area contributed by atoms with Crippen LogP contribution in [0.5, 0.6) is 5.75 Å². The van der Waals surface area contributed by atoms with E-state index in [2.05, 4.69) is 16.9 Å². The van der Waals surface area contributed by atoms with Gasteiger partial charge in [-0.2, -0.15) is 0 Å². The fourth-order valence-corrected chi connectivity index (χ4v) is 5.24. The molecule has 2 heterocycles. The quantitative estimate of drug-likeness (QED) is 0.359.